The Morgan fingerprint density at radius 2 is 1.76 bits per heavy atom. The van der Waals surface area contributed by atoms with Crippen LogP contribution in [0.25, 0.3) is 0 Å². The van der Waals surface area contributed by atoms with Crippen LogP contribution < -0.4 is 5.73 Å². The molecule has 1 nitrogen and oxygen atoms in total. The molecule has 4 saturated carbocycles. The van der Waals surface area contributed by atoms with Gasteiger partial charge in [0.1, 0.15) is 0 Å². The highest BCUT2D eigenvalue weighted by Crippen LogP contribution is 2.67. The number of hydrogen-bond donors (Lipinski definition) is 1. The summed E-state index contributed by atoms with van der Waals surface area (Å²) in [6.45, 7) is 2.21. The number of hydrogen-bond acceptors (Lipinski definition) is 1. The van der Waals surface area contributed by atoms with E-state index in [1.165, 1.54) is 37.7 Å². The van der Waals surface area contributed by atoms with E-state index in [-0.39, 0.29) is 5.41 Å². The molecule has 2 N–H and O–H groups in total. The third-order valence-corrected chi connectivity index (χ3v) is 6.84. The molecule has 5 rings (SSSR count). The van der Waals surface area contributed by atoms with E-state index in [2.05, 4.69) is 43.3 Å². The zero-order valence-electron chi connectivity index (χ0n) is 12.6. The Balaban J connectivity index is 1.84. The van der Waals surface area contributed by atoms with Gasteiger partial charge in [0.15, 0.2) is 0 Å². The first-order valence-corrected chi connectivity index (χ1v) is 8.51. The van der Waals surface area contributed by atoms with Gasteiger partial charge in [-0.3, -0.25) is 0 Å². The van der Waals surface area contributed by atoms with Gasteiger partial charge in [-0.15, -0.1) is 0 Å². The number of thiocarbonyl (C=S) groups is 1. The topological polar surface area (TPSA) is 26.0 Å². The largest absolute Gasteiger partial charge is 0.393 e. The summed E-state index contributed by atoms with van der Waals surface area (Å²) < 4.78 is 0. The molecule has 1 aromatic carbocycles. The SMILES string of the molecule is CC=C1C2CC3(C(N)=S)CC1CC(c1ccccc1)(C2)C3. The van der Waals surface area contributed by atoms with Crippen molar-refractivity contribution in [3.8, 4) is 0 Å². The standard InChI is InChI=1S/C19H23NS/c1-2-16-13-8-18(15-6-4-3-5-7-15)9-14(16)11-19(10-13,12-18)17(20)21/h2-7,13-14H,8-12H2,1H3,(H2,20,21). The molecular weight excluding hydrogens is 274 g/mol. The van der Waals surface area contributed by atoms with Crippen molar-refractivity contribution in [3.05, 3.63) is 47.5 Å². The zero-order chi connectivity index (χ0) is 14.7. The summed E-state index contributed by atoms with van der Waals surface area (Å²) in [5, 5.41) is 0. The van der Waals surface area contributed by atoms with Crippen LogP contribution in [0.4, 0.5) is 0 Å². The molecule has 0 radical (unpaired) electrons. The Morgan fingerprint density at radius 1 is 1.14 bits per heavy atom. The van der Waals surface area contributed by atoms with Gasteiger partial charge in [-0.1, -0.05) is 54.2 Å². The Labute approximate surface area is 132 Å². The molecule has 0 spiro atoms. The van der Waals surface area contributed by atoms with Gasteiger partial charge in [0.05, 0.1) is 4.99 Å². The first-order chi connectivity index (χ1) is 10.1. The predicted molar refractivity (Wildman–Crippen MR) is 91.2 cm³/mol. The molecule has 4 fully saturated rings. The van der Waals surface area contributed by atoms with Gasteiger partial charge in [-0.2, -0.15) is 0 Å². The van der Waals surface area contributed by atoms with Crippen LogP contribution in [-0.4, -0.2) is 4.99 Å². The van der Waals surface area contributed by atoms with Crippen molar-refractivity contribution in [2.75, 3.05) is 0 Å². The normalized spacial score (nSPS) is 40.3. The fourth-order valence-electron chi connectivity index (χ4n) is 5.83. The monoisotopic (exact) mass is 297 g/mol. The lowest BCUT2D eigenvalue weighted by Gasteiger charge is -2.63. The van der Waals surface area contributed by atoms with Crippen molar-refractivity contribution in [1.82, 2.24) is 0 Å². The van der Waals surface area contributed by atoms with Crippen LogP contribution in [0.1, 0.15) is 44.6 Å². The highest BCUT2D eigenvalue weighted by molar-refractivity contribution is 7.80. The lowest BCUT2D eigenvalue weighted by molar-refractivity contribution is 0.00720. The summed E-state index contributed by atoms with van der Waals surface area (Å²) in [4.78, 5) is 0.771. The van der Waals surface area contributed by atoms with Crippen LogP contribution in [-0.2, 0) is 5.41 Å². The fourth-order valence-corrected chi connectivity index (χ4v) is 6.07. The first-order valence-electron chi connectivity index (χ1n) is 8.10. The van der Waals surface area contributed by atoms with Crippen molar-refractivity contribution in [1.29, 1.82) is 0 Å². The van der Waals surface area contributed by atoms with Crippen molar-refractivity contribution < 1.29 is 0 Å². The minimum atomic E-state index is 0.115. The molecule has 21 heavy (non-hydrogen) atoms. The predicted octanol–water partition coefficient (Wildman–Crippen LogP) is 4.37. The third-order valence-electron chi connectivity index (χ3n) is 6.41. The second-order valence-corrected chi connectivity index (χ2v) is 7.91. The number of rotatable bonds is 2. The van der Waals surface area contributed by atoms with E-state index < -0.39 is 0 Å². The molecule has 110 valence electrons. The first kappa shape index (κ1) is 13.5. The Bertz CT molecular complexity index is 598. The van der Waals surface area contributed by atoms with Gasteiger partial charge in [0, 0.05) is 5.41 Å². The van der Waals surface area contributed by atoms with Gasteiger partial charge >= 0.3 is 0 Å². The second kappa shape index (κ2) is 4.42. The number of allylic oxidation sites excluding steroid dienone is 2. The van der Waals surface area contributed by atoms with Gasteiger partial charge in [0.2, 0.25) is 0 Å². The smallest absolute Gasteiger partial charge is 0.0790 e. The van der Waals surface area contributed by atoms with Crippen LogP contribution in [0.5, 0.6) is 0 Å². The maximum absolute atomic E-state index is 6.23. The summed E-state index contributed by atoms with van der Waals surface area (Å²) >= 11 is 5.52. The van der Waals surface area contributed by atoms with Crippen LogP contribution >= 0.6 is 12.2 Å². The minimum absolute atomic E-state index is 0.115. The highest BCUT2D eigenvalue weighted by Gasteiger charge is 2.60. The molecule has 2 unspecified atom stereocenters. The quantitative estimate of drug-likeness (QED) is 0.648. The molecule has 0 aromatic heterocycles. The second-order valence-electron chi connectivity index (χ2n) is 7.47. The van der Waals surface area contributed by atoms with Crippen molar-refractivity contribution in [2.24, 2.45) is 23.0 Å². The third kappa shape index (κ3) is 1.78. The van der Waals surface area contributed by atoms with Crippen molar-refractivity contribution in [2.45, 2.75) is 44.4 Å². The van der Waals surface area contributed by atoms with Crippen LogP contribution in [0.15, 0.2) is 42.0 Å². The molecule has 4 bridgehead atoms. The average Bonchev–Trinajstić information content (AvgIpc) is 2.47. The van der Waals surface area contributed by atoms with Crippen LogP contribution in [0.3, 0.4) is 0 Å². The fraction of sp³-hybridized carbons (Fsp3) is 0.526. The molecular formula is C19H23NS. The molecule has 0 heterocycles. The lowest BCUT2D eigenvalue weighted by Crippen LogP contribution is -2.58. The Kier molecular flexibility index (Phi) is 2.85. The average molecular weight is 297 g/mol. The van der Waals surface area contributed by atoms with E-state index >= 15 is 0 Å². The molecule has 0 saturated heterocycles. The van der Waals surface area contributed by atoms with Gasteiger partial charge in [-0.25, -0.2) is 0 Å². The summed E-state index contributed by atoms with van der Waals surface area (Å²) in [6.07, 6.45) is 8.50. The van der Waals surface area contributed by atoms with Gasteiger partial charge < -0.3 is 5.73 Å². The maximum Gasteiger partial charge on any atom is 0.0790 e. The maximum atomic E-state index is 6.23. The van der Waals surface area contributed by atoms with Crippen LogP contribution in [0, 0.1) is 17.3 Å². The molecule has 2 atom stereocenters. The van der Waals surface area contributed by atoms with E-state index in [4.69, 9.17) is 18.0 Å². The van der Waals surface area contributed by atoms with Crippen molar-refractivity contribution >= 4 is 17.2 Å². The molecule has 1 aromatic rings. The zero-order valence-corrected chi connectivity index (χ0v) is 13.5. The molecule has 0 aliphatic heterocycles. The summed E-state index contributed by atoms with van der Waals surface area (Å²) in [7, 11) is 0. The van der Waals surface area contributed by atoms with Gasteiger partial charge in [0.25, 0.3) is 0 Å². The van der Waals surface area contributed by atoms with Gasteiger partial charge in [-0.05, 0) is 61.8 Å². The number of benzene rings is 1. The van der Waals surface area contributed by atoms with E-state index in [9.17, 15) is 0 Å². The minimum Gasteiger partial charge on any atom is -0.393 e. The molecule has 4 aliphatic rings. The van der Waals surface area contributed by atoms with E-state index in [1.807, 2.05) is 0 Å². The van der Waals surface area contributed by atoms with E-state index in [1.54, 1.807) is 5.57 Å². The van der Waals surface area contributed by atoms with E-state index in [0.717, 1.165) is 4.99 Å². The Hall–Kier alpha value is -1.15. The number of nitrogens with two attached hydrogens (primary N) is 1. The lowest BCUT2D eigenvalue weighted by atomic mass is 9.41. The summed E-state index contributed by atoms with van der Waals surface area (Å²) in [5.74, 6) is 1.39. The van der Waals surface area contributed by atoms with Crippen molar-refractivity contribution in [3.63, 3.8) is 0 Å². The molecule has 2 heteroatoms. The summed E-state index contributed by atoms with van der Waals surface area (Å²) in [6, 6.07) is 11.1. The molecule has 4 aliphatic carbocycles. The highest BCUT2D eigenvalue weighted by atomic mass is 32.1. The summed E-state index contributed by atoms with van der Waals surface area (Å²) in [5.41, 5.74) is 9.85. The Morgan fingerprint density at radius 3 is 2.29 bits per heavy atom. The van der Waals surface area contributed by atoms with E-state index in [0.29, 0.717) is 17.3 Å². The molecule has 0 amide bonds. The van der Waals surface area contributed by atoms with Crippen LogP contribution in [0.2, 0.25) is 0 Å².